The molecule has 6 heteroatoms. The molecule has 3 rings (SSSR count). The summed E-state index contributed by atoms with van der Waals surface area (Å²) in [4.78, 5) is 36.7. The first-order valence-electron chi connectivity index (χ1n) is 9.55. The average molecular weight is 374 g/mol. The van der Waals surface area contributed by atoms with E-state index in [4.69, 9.17) is 0 Å². The fourth-order valence-corrected chi connectivity index (χ4v) is 4.21. The highest BCUT2D eigenvalue weighted by Crippen LogP contribution is 2.38. The van der Waals surface area contributed by atoms with E-state index in [1.807, 2.05) is 0 Å². The SMILES string of the molecule is CC(C)(C)C1CC(C=O)CCN1c1ccc(C2CCC(=O)NC2=O)cc1F. The molecule has 2 saturated heterocycles. The van der Waals surface area contributed by atoms with Gasteiger partial charge in [-0.1, -0.05) is 26.8 Å². The molecule has 2 aliphatic heterocycles. The largest absolute Gasteiger partial charge is 0.366 e. The molecule has 0 saturated carbocycles. The molecule has 27 heavy (non-hydrogen) atoms. The zero-order valence-corrected chi connectivity index (χ0v) is 16.1. The Hall–Kier alpha value is -2.24. The lowest BCUT2D eigenvalue weighted by Gasteiger charge is -2.46. The minimum absolute atomic E-state index is 0.0104. The van der Waals surface area contributed by atoms with Crippen molar-refractivity contribution in [3.05, 3.63) is 29.6 Å². The Kier molecular flexibility index (Phi) is 5.36. The van der Waals surface area contributed by atoms with Crippen LogP contribution in [0.1, 0.15) is 57.9 Å². The van der Waals surface area contributed by atoms with Crippen molar-refractivity contribution in [2.75, 3.05) is 11.4 Å². The number of aldehydes is 1. The number of halogens is 1. The van der Waals surface area contributed by atoms with Crippen LogP contribution < -0.4 is 10.2 Å². The van der Waals surface area contributed by atoms with Crippen molar-refractivity contribution >= 4 is 23.8 Å². The van der Waals surface area contributed by atoms with Crippen molar-refractivity contribution in [1.82, 2.24) is 5.32 Å². The summed E-state index contributed by atoms with van der Waals surface area (Å²) in [6, 6.07) is 4.98. The monoisotopic (exact) mass is 374 g/mol. The molecule has 3 unspecified atom stereocenters. The number of benzene rings is 1. The van der Waals surface area contributed by atoms with Crippen molar-refractivity contribution in [3.8, 4) is 0 Å². The number of nitrogens with zero attached hydrogens (tertiary/aromatic N) is 1. The summed E-state index contributed by atoms with van der Waals surface area (Å²) in [5, 5.41) is 2.32. The predicted molar refractivity (Wildman–Crippen MR) is 101 cm³/mol. The number of imide groups is 1. The number of amides is 2. The van der Waals surface area contributed by atoms with Crippen LogP contribution >= 0.6 is 0 Å². The standard InChI is InChI=1S/C21H27FN2O3/c1-21(2,3)18-10-13(12-25)8-9-24(18)17-6-4-14(11-16(17)22)15-5-7-19(26)23-20(15)27/h4,6,11-13,15,18H,5,7-10H2,1-3H3,(H,23,26,27). The van der Waals surface area contributed by atoms with Gasteiger partial charge in [0.15, 0.2) is 0 Å². The van der Waals surface area contributed by atoms with Gasteiger partial charge in [-0.2, -0.15) is 0 Å². The van der Waals surface area contributed by atoms with Crippen LogP contribution in [-0.2, 0) is 14.4 Å². The van der Waals surface area contributed by atoms with E-state index in [1.54, 1.807) is 12.1 Å². The van der Waals surface area contributed by atoms with E-state index in [1.165, 1.54) is 6.07 Å². The molecule has 2 heterocycles. The molecule has 1 N–H and O–H groups in total. The van der Waals surface area contributed by atoms with Gasteiger partial charge >= 0.3 is 0 Å². The van der Waals surface area contributed by atoms with Gasteiger partial charge in [-0.3, -0.25) is 14.9 Å². The van der Waals surface area contributed by atoms with Crippen LogP contribution in [0.5, 0.6) is 0 Å². The van der Waals surface area contributed by atoms with Crippen LogP contribution in [-0.4, -0.2) is 30.7 Å². The summed E-state index contributed by atoms with van der Waals surface area (Å²) in [6.07, 6.45) is 3.11. The van der Waals surface area contributed by atoms with E-state index >= 15 is 4.39 Å². The second kappa shape index (κ2) is 7.41. The zero-order chi connectivity index (χ0) is 19.8. The third-order valence-corrected chi connectivity index (χ3v) is 5.76. The number of anilines is 1. The van der Waals surface area contributed by atoms with Crippen molar-refractivity contribution in [2.45, 2.75) is 58.4 Å². The number of piperidine rings is 2. The lowest BCUT2D eigenvalue weighted by molar-refractivity contribution is -0.134. The van der Waals surface area contributed by atoms with Crippen molar-refractivity contribution in [1.29, 1.82) is 0 Å². The molecule has 2 aliphatic rings. The quantitative estimate of drug-likeness (QED) is 0.652. The Morgan fingerprint density at radius 3 is 2.56 bits per heavy atom. The molecule has 0 aromatic heterocycles. The Bertz CT molecular complexity index is 756. The normalized spacial score (nSPS) is 26.7. The fraction of sp³-hybridized carbons (Fsp3) is 0.571. The van der Waals surface area contributed by atoms with E-state index in [0.29, 0.717) is 37.1 Å². The molecule has 2 amide bonds. The van der Waals surface area contributed by atoms with Gasteiger partial charge in [0.25, 0.3) is 0 Å². The lowest BCUT2D eigenvalue weighted by Crippen LogP contribution is -2.50. The Labute approximate surface area is 159 Å². The van der Waals surface area contributed by atoms with Crippen LogP contribution in [0.3, 0.4) is 0 Å². The highest BCUT2D eigenvalue weighted by atomic mass is 19.1. The van der Waals surface area contributed by atoms with Gasteiger partial charge in [0, 0.05) is 24.9 Å². The summed E-state index contributed by atoms with van der Waals surface area (Å²) < 4.78 is 15.0. The molecule has 146 valence electrons. The Balaban J connectivity index is 1.87. The fourth-order valence-electron chi connectivity index (χ4n) is 4.21. The van der Waals surface area contributed by atoms with Gasteiger partial charge in [-0.15, -0.1) is 0 Å². The van der Waals surface area contributed by atoms with Crippen molar-refractivity contribution in [2.24, 2.45) is 11.3 Å². The van der Waals surface area contributed by atoms with Gasteiger partial charge in [0.1, 0.15) is 12.1 Å². The van der Waals surface area contributed by atoms with Crippen LogP contribution in [0.4, 0.5) is 10.1 Å². The molecule has 0 aliphatic carbocycles. The van der Waals surface area contributed by atoms with Crippen LogP contribution in [0.15, 0.2) is 18.2 Å². The van der Waals surface area contributed by atoms with E-state index in [0.717, 1.165) is 6.29 Å². The number of hydrogen-bond acceptors (Lipinski definition) is 4. The maximum Gasteiger partial charge on any atom is 0.234 e. The minimum Gasteiger partial charge on any atom is -0.366 e. The number of hydrogen-bond donors (Lipinski definition) is 1. The third-order valence-electron chi connectivity index (χ3n) is 5.76. The second-order valence-corrected chi connectivity index (χ2v) is 8.71. The number of rotatable bonds is 3. The molecule has 3 atom stereocenters. The Morgan fingerprint density at radius 2 is 1.96 bits per heavy atom. The Morgan fingerprint density at radius 1 is 1.22 bits per heavy atom. The molecule has 0 bridgehead atoms. The van der Waals surface area contributed by atoms with Gasteiger partial charge in [-0.05, 0) is 42.4 Å². The number of nitrogens with one attached hydrogen (secondary N) is 1. The summed E-state index contributed by atoms with van der Waals surface area (Å²) >= 11 is 0. The van der Waals surface area contributed by atoms with Gasteiger partial charge < -0.3 is 9.69 Å². The maximum atomic E-state index is 15.0. The highest BCUT2D eigenvalue weighted by molar-refractivity contribution is 6.00. The summed E-state index contributed by atoms with van der Waals surface area (Å²) in [6.45, 7) is 6.94. The first-order chi connectivity index (χ1) is 12.7. The molecule has 5 nitrogen and oxygen atoms in total. The zero-order valence-electron chi connectivity index (χ0n) is 16.1. The molecule has 0 spiro atoms. The maximum absolute atomic E-state index is 15.0. The summed E-state index contributed by atoms with van der Waals surface area (Å²) in [7, 11) is 0. The molecule has 2 fully saturated rings. The second-order valence-electron chi connectivity index (χ2n) is 8.71. The molecule has 0 radical (unpaired) electrons. The van der Waals surface area contributed by atoms with Crippen LogP contribution in [0.2, 0.25) is 0 Å². The van der Waals surface area contributed by atoms with Gasteiger partial charge in [-0.25, -0.2) is 4.39 Å². The number of carbonyl (C=O) groups is 3. The highest BCUT2D eigenvalue weighted by Gasteiger charge is 2.37. The first kappa shape index (κ1) is 19.5. The van der Waals surface area contributed by atoms with Crippen molar-refractivity contribution in [3.63, 3.8) is 0 Å². The smallest absolute Gasteiger partial charge is 0.234 e. The summed E-state index contributed by atoms with van der Waals surface area (Å²) in [5.74, 6) is -1.49. The summed E-state index contributed by atoms with van der Waals surface area (Å²) in [5.41, 5.74) is 1.00. The topological polar surface area (TPSA) is 66.5 Å². The number of carbonyl (C=O) groups excluding carboxylic acids is 3. The average Bonchev–Trinajstić information content (AvgIpc) is 2.60. The lowest BCUT2D eigenvalue weighted by atomic mass is 9.77. The van der Waals surface area contributed by atoms with Gasteiger partial charge in [0.2, 0.25) is 11.8 Å². The van der Waals surface area contributed by atoms with Crippen LogP contribution in [0.25, 0.3) is 0 Å². The minimum atomic E-state index is -0.495. The van der Waals surface area contributed by atoms with E-state index < -0.39 is 5.92 Å². The molecular formula is C21H27FN2O3. The van der Waals surface area contributed by atoms with Crippen molar-refractivity contribution < 1.29 is 18.8 Å². The molecule has 1 aromatic rings. The van der Waals surface area contributed by atoms with E-state index in [-0.39, 0.29) is 41.4 Å². The third kappa shape index (κ3) is 4.04. The van der Waals surface area contributed by atoms with E-state index in [9.17, 15) is 14.4 Å². The van der Waals surface area contributed by atoms with E-state index in [2.05, 4.69) is 31.0 Å². The molecular weight excluding hydrogens is 347 g/mol. The van der Waals surface area contributed by atoms with Crippen LogP contribution in [0, 0.1) is 17.2 Å². The van der Waals surface area contributed by atoms with Gasteiger partial charge in [0.05, 0.1) is 11.6 Å². The first-order valence-corrected chi connectivity index (χ1v) is 9.55. The predicted octanol–water partition coefficient (Wildman–Crippen LogP) is 3.18. The molecule has 1 aromatic carbocycles.